The third-order valence-electron chi connectivity index (χ3n) is 11.0. The minimum atomic E-state index is 0.152. The maximum Gasteiger partial charge on any atom is 0.0543 e. The third-order valence-corrected chi connectivity index (χ3v) is 11.0. The minimum absolute atomic E-state index is 0.152. The van der Waals surface area contributed by atoms with Crippen LogP contribution in [0.1, 0.15) is 83.2 Å². The number of benzene rings is 8. The van der Waals surface area contributed by atoms with Crippen LogP contribution in [0.5, 0.6) is 0 Å². The summed E-state index contributed by atoms with van der Waals surface area (Å²) in [5.74, 6) is 0. The Morgan fingerprint density at radius 2 is 0.754 bits per heavy atom. The molecule has 0 saturated heterocycles. The zero-order chi connectivity index (χ0) is 43.9. The van der Waals surface area contributed by atoms with E-state index in [2.05, 4.69) is 227 Å². The van der Waals surface area contributed by atoms with Gasteiger partial charge in [0.05, 0.1) is 11.0 Å². The molecule has 0 aliphatic heterocycles. The quantitative estimate of drug-likeness (QED) is 0.168. The van der Waals surface area contributed by atoms with E-state index in [1.807, 2.05) is 47.6 Å². The van der Waals surface area contributed by atoms with Gasteiger partial charge in [0, 0.05) is 21.9 Å². The first-order valence-corrected chi connectivity index (χ1v) is 22.3. The van der Waals surface area contributed by atoms with Crippen LogP contribution in [-0.4, -0.2) is 4.57 Å². The molecular formula is C60H65N. The molecule has 10 rings (SSSR count). The highest BCUT2D eigenvalue weighted by Gasteiger charge is 2.34. The fraction of sp³-hybridized carbons (Fsp3) is 0.200. The number of para-hydroxylation sites is 1. The molecule has 8 aromatic carbocycles. The Morgan fingerprint density at radius 3 is 1.36 bits per heavy atom. The number of nitrogens with zero attached hydrogens (tertiary/aromatic N) is 1. The molecule has 1 aliphatic carbocycles. The summed E-state index contributed by atoms with van der Waals surface area (Å²) in [5.41, 5.74) is 18.6. The molecule has 1 heterocycles. The lowest BCUT2D eigenvalue weighted by Gasteiger charge is -2.21. The summed E-state index contributed by atoms with van der Waals surface area (Å²) in [6.07, 6.45) is 0. The van der Waals surface area contributed by atoms with Gasteiger partial charge in [0.2, 0.25) is 0 Å². The number of aryl methyl sites for hydroxylation is 3. The van der Waals surface area contributed by atoms with Crippen LogP contribution in [0.25, 0.3) is 60.9 Å². The SMILES string of the molecule is CC.CC.CC.Cc1ccc(-c2ccccc2)cc1.Cc1ccc2c(c1)-c1ccccc1C2(C)C.Cc1ccc2c3ccccc3n(-c3ccc(-c4ccccc4)cc3)c2c1. The highest BCUT2D eigenvalue weighted by atomic mass is 15.0. The number of hydrogen-bond donors (Lipinski definition) is 0. The number of hydrogen-bond acceptors (Lipinski definition) is 0. The fourth-order valence-electron chi connectivity index (χ4n) is 8.00. The lowest BCUT2D eigenvalue weighted by molar-refractivity contribution is 0.660. The molecule has 310 valence electrons. The van der Waals surface area contributed by atoms with Crippen LogP contribution >= 0.6 is 0 Å². The molecule has 1 aliphatic rings. The van der Waals surface area contributed by atoms with E-state index in [1.54, 1.807) is 0 Å². The molecule has 0 spiro atoms. The summed E-state index contributed by atoms with van der Waals surface area (Å²) >= 11 is 0. The summed E-state index contributed by atoms with van der Waals surface area (Å²) in [7, 11) is 0. The van der Waals surface area contributed by atoms with Gasteiger partial charge in [-0.05, 0) is 95.1 Å². The van der Waals surface area contributed by atoms with E-state index in [4.69, 9.17) is 0 Å². The Hall–Kier alpha value is -6.44. The average Bonchev–Trinajstić information content (AvgIpc) is 3.76. The molecule has 0 amide bonds. The van der Waals surface area contributed by atoms with Crippen molar-refractivity contribution in [3.63, 3.8) is 0 Å². The second-order valence-electron chi connectivity index (χ2n) is 15.2. The zero-order valence-corrected chi connectivity index (χ0v) is 38.4. The maximum absolute atomic E-state index is 2.37. The van der Waals surface area contributed by atoms with Crippen molar-refractivity contribution in [1.29, 1.82) is 0 Å². The molecule has 9 aromatic rings. The number of rotatable bonds is 3. The van der Waals surface area contributed by atoms with Crippen molar-refractivity contribution < 1.29 is 0 Å². The van der Waals surface area contributed by atoms with Crippen LogP contribution in [0.2, 0.25) is 0 Å². The van der Waals surface area contributed by atoms with Gasteiger partial charge in [0.25, 0.3) is 0 Å². The number of aromatic nitrogens is 1. The Kier molecular flexibility index (Phi) is 16.2. The molecule has 1 heteroatoms. The summed E-state index contributed by atoms with van der Waals surface area (Å²) in [5, 5.41) is 2.60. The zero-order valence-electron chi connectivity index (χ0n) is 38.4. The van der Waals surface area contributed by atoms with E-state index in [0.29, 0.717) is 0 Å². The Bertz CT molecular complexity index is 2710. The molecule has 1 aromatic heterocycles. The highest BCUT2D eigenvalue weighted by Crippen LogP contribution is 2.48. The first kappa shape index (κ1) is 45.6. The van der Waals surface area contributed by atoms with Crippen LogP contribution in [0.4, 0.5) is 0 Å². The fourth-order valence-corrected chi connectivity index (χ4v) is 8.00. The van der Waals surface area contributed by atoms with Crippen LogP contribution in [0.15, 0.2) is 194 Å². The van der Waals surface area contributed by atoms with Crippen molar-refractivity contribution in [3.05, 3.63) is 222 Å². The molecule has 0 N–H and O–H groups in total. The highest BCUT2D eigenvalue weighted by molar-refractivity contribution is 6.09. The van der Waals surface area contributed by atoms with E-state index >= 15 is 0 Å². The van der Waals surface area contributed by atoms with Gasteiger partial charge in [0.15, 0.2) is 0 Å². The molecule has 0 bridgehead atoms. The van der Waals surface area contributed by atoms with Gasteiger partial charge in [-0.25, -0.2) is 0 Å². The monoisotopic (exact) mass is 800 g/mol. The van der Waals surface area contributed by atoms with Crippen molar-refractivity contribution in [2.45, 2.75) is 81.6 Å². The van der Waals surface area contributed by atoms with E-state index in [0.717, 1.165) is 0 Å². The van der Waals surface area contributed by atoms with E-state index in [-0.39, 0.29) is 5.41 Å². The van der Waals surface area contributed by atoms with Gasteiger partial charge in [-0.2, -0.15) is 0 Å². The summed E-state index contributed by atoms with van der Waals surface area (Å²) in [4.78, 5) is 0. The van der Waals surface area contributed by atoms with Crippen molar-refractivity contribution in [3.8, 4) is 39.1 Å². The Morgan fingerprint density at radius 1 is 0.328 bits per heavy atom. The molecule has 1 nitrogen and oxygen atoms in total. The van der Waals surface area contributed by atoms with Gasteiger partial charge < -0.3 is 4.57 Å². The summed E-state index contributed by atoms with van der Waals surface area (Å²) in [6, 6.07) is 69.3. The molecule has 0 radical (unpaired) electrons. The van der Waals surface area contributed by atoms with Crippen molar-refractivity contribution in [2.24, 2.45) is 0 Å². The minimum Gasteiger partial charge on any atom is -0.309 e. The predicted molar refractivity (Wildman–Crippen MR) is 270 cm³/mol. The van der Waals surface area contributed by atoms with Gasteiger partial charge >= 0.3 is 0 Å². The normalized spacial score (nSPS) is 11.3. The average molecular weight is 800 g/mol. The first-order chi connectivity index (χ1) is 29.8. The third kappa shape index (κ3) is 10.3. The van der Waals surface area contributed by atoms with Crippen molar-refractivity contribution in [2.75, 3.05) is 0 Å². The van der Waals surface area contributed by atoms with Gasteiger partial charge in [-0.3, -0.25) is 0 Å². The topological polar surface area (TPSA) is 4.93 Å². The smallest absolute Gasteiger partial charge is 0.0543 e. The van der Waals surface area contributed by atoms with Crippen molar-refractivity contribution in [1.82, 2.24) is 4.57 Å². The maximum atomic E-state index is 2.37. The lowest BCUT2D eigenvalue weighted by Crippen LogP contribution is -2.14. The molecule has 0 fully saturated rings. The van der Waals surface area contributed by atoms with Gasteiger partial charge in [0.1, 0.15) is 0 Å². The molecule has 0 atom stereocenters. The van der Waals surface area contributed by atoms with E-state index in [1.165, 1.54) is 88.7 Å². The molecule has 61 heavy (non-hydrogen) atoms. The molecule has 0 saturated carbocycles. The first-order valence-electron chi connectivity index (χ1n) is 22.3. The summed E-state index contributed by atoms with van der Waals surface area (Å²) in [6.45, 7) is 23.0. The summed E-state index contributed by atoms with van der Waals surface area (Å²) < 4.78 is 2.37. The van der Waals surface area contributed by atoms with Crippen LogP contribution in [0, 0.1) is 20.8 Å². The standard InChI is InChI=1S/C25H19N.C16H16.C13H12.3C2H6/c1-18-11-16-23-22-9-5-6-10-24(22)26(25(23)17-18)21-14-12-20(13-15-21)19-7-3-2-4-8-19;1-11-8-9-15-13(10-11)12-6-4-5-7-14(12)16(15,2)3;1-11-7-9-13(10-8-11)12-5-3-2-4-6-12;3*1-2/h2-17H,1H3;4-10H,1-3H3;2-10H,1H3;3*1-2H3. The van der Waals surface area contributed by atoms with E-state index in [9.17, 15) is 0 Å². The predicted octanol–water partition coefficient (Wildman–Crippen LogP) is 17.8. The van der Waals surface area contributed by atoms with Crippen LogP contribution in [-0.2, 0) is 5.41 Å². The second-order valence-corrected chi connectivity index (χ2v) is 15.2. The lowest BCUT2D eigenvalue weighted by atomic mass is 9.82. The molecule has 0 unspecified atom stereocenters. The molecular weight excluding hydrogens is 735 g/mol. The van der Waals surface area contributed by atoms with Crippen molar-refractivity contribution >= 4 is 21.8 Å². The van der Waals surface area contributed by atoms with Gasteiger partial charge in [-0.1, -0.05) is 236 Å². The second kappa shape index (κ2) is 21.7. The van der Waals surface area contributed by atoms with Gasteiger partial charge in [-0.15, -0.1) is 0 Å². The van der Waals surface area contributed by atoms with Crippen LogP contribution in [0.3, 0.4) is 0 Å². The van der Waals surface area contributed by atoms with E-state index < -0.39 is 0 Å². The Labute approximate surface area is 367 Å². The van der Waals surface area contributed by atoms with Crippen LogP contribution < -0.4 is 0 Å². The largest absolute Gasteiger partial charge is 0.309 e. The Balaban J connectivity index is 0.000000173. The number of fused-ring (bicyclic) bond motifs is 6.